The molecule has 0 unspecified atom stereocenters. The van der Waals surface area contributed by atoms with Gasteiger partial charge in [0.2, 0.25) is 0 Å². The van der Waals surface area contributed by atoms with E-state index in [1.54, 1.807) is 6.20 Å². The van der Waals surface area contributed by atoms with E-state index in [-0.39, 0.29) is 0 Å². The van der Waals surface area contributed by atoms with E-state index in [9.17, 15) is 0 Å². The van der Waals surface area contributed by atoms with Crippen molar-refractivity contribution in [3.63, 3.8) is 0 Å². The summed E-state index contributed by atoms with van der Waals surface area (Å²) in [6, 6.07) is 1.94. The summed E-state index contributed by atoms with van der Waals surface area (Å²) in [6.45, 7) is 4.79. The van der Waals surface area contributed by atoms with Gasteiger partial charge in [0.25, 0.3) is 0 Å². The van der Waals surface area contributed by atoms with Crippen LogP contribution in [0.15, 0.2) is 28.6 Å². The largest absolute Gasteiger partial charge is 0.370 e. The van der Waals surface area contributed by atoms with Crippen LogP contribution >= 0.6 is 11.8 Å². The number of imidazole rings is 1. The molecule has 2 rings (SSSR count). The van der Waals surface area contributed by atoms with Crippen LogP contribution in [-0.2, 0) is 7.05 Å². The fraction of sp³-hybridized carbons (Fsp3) is 0.364. The Morgan fingerprint density at radius 3 is 2.88 bits per heavy atom. The third-order valence-electron chi connectivity index (χ3n) is 2.15. The molecule has 0 amide bonds. The minimum absolute atomic E-state index is 0.764. The van der Waals surface area contributed by atoms with E-state index in [1.165, 1.54) is 11.8 Å². The Hall–Kier alpha value is -1.56. The summed E-state index contributed by atoms with van der Waals surface area (Å²) < 4.78 is 1.97. The smallest absolute Gasteiger partial charge is 0.174 e. The Balaban J connectivity index is 2.23. The summed E-state index contributed by atoms with van der Waals surface area (Å²) >= 11 is 1.54. The van der Waals surface area contributed by atoms with Gasteiger partial charge < -0.3 is 9.88 Å². The van der Waals surface area contributed by atoms with Crippen molar-refractivity contribution in [2.75, 3.05) is 11.9 Å². The molecule has 1 N–H and O–H groups in total. The van der Waals surface area contributed by atoms with E-state index in [2.05, 4.69) is 20.3 Å². The van der Waals surface area contributed by atoms with Gasteiger partial charge in [0.15, 0.2) is 5.16 Å². The number of aromatic nitrogens is 4. The highest BCUT2D eigenvalue weighted by Crippen LogP contribution is 2.25. The highest BCUT2D eigenvalue weighted by atomic mass is 32.2. The van der Waals surface area contributed by atoms with Crippen molar-refractivity contribution in [2.45, 2.75) is 24.0 Å². The Kier molecular flexibility index (Phi) is 3.63. The summed E-state index contributed by atoms with van der Waals surface area (Å²) in [4.78, 5) is 13.0. The van der Waals surface area contributed by atoms with Crippen LogP contribution in [0.5, 0.6) is 0 Å². The lowest BCUT2D eigenvalue weighted by molar-refractivity contribution is 0.787. The minimum atomic E-state index is 0.764. The second kappa shape index (κ2) is 5.18. The zero-order valence-corrected chi connectivity index (χ0v) is 11.0. The lowest BCUT2D eigenvalue weighted by atomic mass is 10.5. The average Bonchev–Trinajstić information content (AvgIpc) is 2.64. The first-order valence-electron chi connectivity index (χ1n) is 5.43. The quantitative estimate of drug-likeness (QED) is 0.841. The maximum absolute atomic E-state index is 4.39. The second-order valence-corrected chi connectivity index (χ2v) is 4.58. The van der Waals surface area contributed by atoms with Crippen LogP contribution < -0.4 is 5.32 Å². The van der Waals surface area contributed by atoms with Gasteiger partial charge in [0.1, 0.15) is 16.7 Å². The van der Waals surface area contributed by atoms with E-state index in [0.717, 1.165) is 28.4 Å². The molecule has 2 aromatic rings. The molecule has 0 saturated heterocycles. The molecule has 0 bridgehead atoms. The van der Waals surface area contributed by atoms with Crippen LogP contribution in [0.25, 0.3) is 0 Å². The van der Waals surface area contributed by atoms with Gasteiger partial charge in [0, 0.05) is 32.1 Å². The third kappa shape index (κ3) is 2.97. The summed E-state index contributed by atoms with van der Waals surface area (Å²) in [5, 5.41) is 5.02. The van der Waals surface area contributed by atoms with Gasteiger partial charge in [-0.15, -0.1) is 0 Å². The van der Waals surface area contributed by atoms with E-state index in [1.807, 2.05) is 37.7 Å². The fourth-order valence-electron chi connectivity index (χ4n) is 1.41. The van der Waals surface area contributed by atoms with Gasteiger partial charge in [0.05, 0.1) is 0 Å². The molecule has 0 aliphatic carbocycles. The van der Waals surface area contributed by atoms with Gasteiger partial charge in [-0.25, -0.2) is 15.0 Å². The molecule has 6 heteroatoms. The Morgan fingerprint density at radius 2 is 2.24 bits per heavy atom. The van der Waals surface area contributed by atoms with Crippen molar-refractivity contribution in [1.82, 2.24) is 19.5 Å². The van der Waals surface area contributed by atoms with Gasteiger partial charge >= 0.3 is 0 Å². The molecule has 0 atom stereocenters. The van der Waals surface area contributed by atoms with Crippen LogP contribution in [-0.4, -0.2) is 26.1 Å². The first-order valence-corrected chi connectivity index (χ1v) is 6.25. The number of nitrogens with zero attached hydrogens (tertiary/aromatic N) is 4. The van der Waals surface area contributed by atoms with Crippen LogP contribution in [0.1, 0.15) is 12.7 Å². The Morgan fingerprint density at radius 1 is 1.41 bits per heavy atom. The molecule has 2 heterocycles. The van der Waals surface area contributed by atoms with Gasteiger partial charge in [-0.2, -0.15) is 0 Å². The predicted octanol–water partition coefficient (Wildman–Crippen LogP) is 2.10. The van der Waals surface area contributed by atoms with Gasteiger partial charge in [-0.1, -0.05) is 0 Å². The summed E-state index contributed by atoms with van der Waals surface area (Å²) in [5.41, 5.74) is 0. The van der Waals surface area contributed by atoms with E-state index in [4.69, 9.17) is 0 Å². The zero-order chi connectivity index (χ0) is 12.3. The normalized spacial score (nSPS) is 10.5. The molecule has 0 aromatic carbocycles. The summed E-state index contributed by atoms with van der Waals surface area (Å²) in [7, 11) is 1.97. The minimum Gasteiger partial charge on any atom is -0.370 e. The van der Waals surface area contributed by atoms with Crippen LogP contribution in [0.3, 0.4) is 0 Å². The van der Waals surface area contributed by atoms with Crippen LogP contribution in [0, 0.1) is 6.92 Å². The van der Waals surface area contributed by atoms with E-state index in [0.29, 0.717) is 0 Å². The summed E-state index contributed by atoms with van der Waals surface area (Å²) in [5.74, 6) is 1.62. The van der Waals surface area contributed by atoms with Crippen molar-refractivity contribution < 1.29 is 0 Å². The van der Waals surface area contributed by atoms with Crippen molar-refractivity contribution in [3.05, 3.63) is 24.3 Å². The third-order valence-corrected chi connectivity index (χ3v) is 3.14. The second-order valence-electron chi connectivity index (χ2n) is 3.59. The molecule has 90 valence electrons. The standard InChI is InChI=1S/C11H15N5S/c1-4-12-9-7-10(15-8(2)14-9)17-11-13-5-6-16(11)3/h5-7H,4H2,1-3H3,(H,12,14,15). The number of nitrogens with one attached hydrogen (secondary N) is 1. The number of hydrogen-bond donors (Lipinski definition) is 1. The number of hydrogen-bond acceptors (Lipinski definition) is 5. The molecule has 0 spiro atoms. The zero-order valence-electron chi connectivity index (χ0n) is 10.1. The maximum atomic E-state index is 4.39. The summed E-state index contributed by atoms with van der Waals surface area (Å²) in [6.07, 6.45) is 3.70. The van der Waals surface area contributed by atoms with Crippen LogP contribution in [0.4, 0.5) is 5.82 Å². The van der Waals surface area contributed by atoms with Crippen LogP contribution in [0.2, 0.25) is 0 Å². The molecule has 0 saturated carbocycles. The lowest BCUT2D eigenvalue weighted by Crippen LogP contribution is -2.02. The molecular weight excluding hydrogens is 234 g/mol. The maximum Gasteiger partial charge on any atom is 0.174 e. The van der Waals surface area contributed by atoms with Crippen molar-refractivity contribution >= 4 is 17.6 Å². The highest BCUT2D eigenvalue weighted by Gasteiger charge is 2.06. The molecule has 0 aliphatic rings. The predicted molar refractivity (Wildman–Crippen MR) is 68.3 cm³/mol. The number of aryl methyl sites for hydroxylation is 2. The molecule has 2 aromatic heterocycles. The van der Waals surface area contributed by atoms with E-state index < -0.39 is 0 Å². The Bertz CT molecular complexity index is 508. The first kappa shape index (κ1) is 11.9. The molecule has 0 radical (unpaired) electrons. The molecule has 0 fully saturated rings. The molecule has 5 nitrogen and oxygen atoms in total. The molecule has 17 heavy (non-hydrogen) atoms. The topological polar surface area (TPSA) is 55.6 Å². The lowest BCUT2D eigenvalue weighted by Gasteiger charge is -2.06. The van der Waals surface area contributed by atoms with Gasteiger partial charge in [-0.3, -0.25) is 0 Å². The average molecular weight is 249 g/mol. The molecular formula is C11H15N5S. The van der Waals surface area contributed by atoms with Gasteiger partial charge in [-0.05, 0) is 25.6 Å². The monoisotopic (exact) mass is 249 g/mol. The SMILES string of the molecule is CCNc1cc(Sc2nccn2C)nc(C)n1. The number of rotatable bonds is 4. The van der Waals surface area contributed by atoms with Crippen molar-refractivity contribution in [2.24, 2.45) is 7.05 Å². The fourth-order valence-corrected chi connectivity index (χ4v) is 2.26. The van der Waals surface area contributed by atoms with E-state index >= 15 is 0 Å². The molecule has 0 aliphatic heterocycles. The highest BCUT2D eigenvalue weighted by molar-refractivity contribution is 7.99. The Labute approximate surface area is 105 Å². The number of anilines is 1. The first-order chi connectivity index (χ1) is 8.19. The van der Waals surface area contributed by atoms with Crippen molar-refractivity contribution in [3.8, 4) is 0 Å². The van der Waals surface area contributed by atoms with Crippen molar-refractivity contribution in [1.29, 1.82) is 0 Å².